The van der Waals surface area contributed by atoms with E-state index in [2.05, 4.69) is 107 Å². The standard InChI is InChI=1S/C32H43BO3.C16H36N/c1-5-6-7-8-9-10-11-32(28-16-22-31(36-4)23-17-28)33(24-26-12-18-29(34-2)19-13-26)25-27-14-20-30(35-3)21-15-27;1-5-9-13-17(14-10-6-2,15-11-7-3)16-12-8-4/h12-23,32H,5-11,24-25H2,1-4H3;5-16H2,1-4H3/q;+1. The minimum atomic E-state index is 0.478. The van der Waals surface area contributed by atoms with Crippen molar-refractivity contribution < 1.29 is 18.7 Å². The van der Waals surface area contributed by atoms with E-state index in [4.69, 9.17) is 14.2 Å². The molecular weight excluding hydrogens is 649 g/mol. The molecule has 0 heterocycles. The summed E-state index contributed by atoms with van der Waals surface area (Å²) in [5.41, 5.74) is 4.13. The summed E-state index contributed by atoms with van der Waals surface area (Å²) in [5, 5.41) is 0. The van der Waals surface area contributed by atoms with Gasteiger partial charge in [0, 0.05) is 0 Å². The van der Waals surface area contributed by atoms with Gasteiger partial charge in [0.05, 0.1) is 47.5 Å². The quantitative estimate of drug-likeness (QED) is 0.0423. The van der Waals surface area contributed by atoms with Gasteiger partial charge in [-0.3, -0.25) is 0 Å². The Morgan fingerprint density at radius 3 is 1.13 bits per heavy atom. The number of hydrogen-bond acceptors (Lipinski definition) is 3. The van der Waals surface area contributed by atoms with Gasteiger partial charge in [-0.25, -0.2) is 0 Å². The van der Waals surface area contributed by atoms with E-state index in [1.54, 1.807) is 21.3 Å². The van der Waals surface area contributed by atoms with Crippen LogP contribution in [0.1, 0.15) is 153 Å². The summed E-state index contributed by atoms with van der Waals surface area (Å²) in [5.74, 6) is 3.21. The van der Waals surface area contributed by atoms with Crippen molar-refractivity contribution in [3.63, 3.8) is 0 Å². The van der Waals surface area contributed by atoms with Gasteiger partial charge in [-0.15, -0.1) is 0 Å². The van der Waals surface area contributed by atoms with Crippen LogP contribution in [0.5, 0.6) is 17.2 Å². The third-order valence-corrected chi connectivity index (χ3v) is 11.2. The van der Waals surface area contributed by atoms with Crippen LogP contribution in [0.25, 0.3) is 0 Å². The number of hydrogen-bond donors (Lipinski definition) is 0. The van der Waals surface area contributed by atoms with Gasteiger partial charge in [0.1, 0.15) is 17.2 Å². The molecule has 5 heteroatoms. The molecule has 53 heavy (non-hydrogen) atoms. The third kappa shape index (κ3) is 18.3. The normalized spacial score (nSPS) is 11.8. The van der Waals surface area contributed by atoms with Crippen LogP contribution in [0.2, 0.25) is 0 Å². The molecule has 0 spiro atoms. The van der Waals surface area contributed by atoms with E-state index in [1.807, 2.05) is 0 Å². The topological polar surface area (TPSA) is 27.7 Å². The first-order valence-corrected chi connectivity index (χ1v) is 21.7. The lowest BCUT2D eigenvalue weighted by atomic mass is 9.34. The minimum absolute atomic E-state index is 0.478. The number of benzene rings is 3. The zero-order chi connectivity index (χ0) is 38.6. The SMILES string of the molecule is CCCCCCCCC(B(Cc1ccc(OC)cc1)Cc1ccc(OC)cc1)c1ccc(OC)cc1.CCCC[N+](CCCC)(CCCC)CCCC. The predicted molar refractivity (Wildman–Crippen MR) is 232 cm³/mol. The highest BCUT2D eigenvalue weighted by atomic mass is 16.5. The molecule has 0 saturated heterocycles. The fourth-order valence-electron chi connectivity index (χ4n) is 7.80. The minimum Gasteiger partial charge on any atom is -0.497 e. The van der Waals surface area contributed by atoms with E-state index in [0.29, 0.717) is 12.5 Å². The van der Waals surface area contributed by atoms with Crippen molar-refractivity contribution in [1.29, 1.82) is 0 Å². The third-order valence-electron chi connectivity index (χ3n) is 11.2. The smallest absolute Gasteiger partial charge is 0.157 e. The van der Waals surface area contributed by atoms with Gasteiger partial charge in [-0.05, 0) is 80.5 Å². The molecule has 3 aromatic rings. The largest absolute Gasteiger partial charge is 0.497 e. The lowest BCUT2D eigenvalue weighted by molar-refractivity contribution is -0.929. The molecule has 3 aromatic carbocycles. The van der Waals surface area contributed by atoms with Crippen molar-refractivity contribution in [3.05, 3.63) is 89.5 Å². The Morgan fingerprint density at radius 2 is 0.774 bits per heavy atom. The molecule has 0 aliphatic heterocycles. The van der Waals surface area contributed by atoms with Crippen molar-refractivity contribution in [2.24, 2.45) is 0 Å². The molecule has 1 unspecified atom stereocenters. The molecule has 0 N–H and O–H groups in total. The Bertz CT molecular complexity index is 1190. The van der Waals surface area contributed by atoms with E-state index in [-0.39, 0.29) is 0 Å². The zero-order valence-corrected chi connectivity index (χ0v) is 35.6. The Balaban J connectivity index is 0.000000482. The maximum Gasteiger partial charge on any atom is 0.157 e. The average molecular weight is 729 g/mol. The lowest BCUT2D eigenvalue weighted by Crippen LogP contribution is -2.50. The second-order valence-electron chi connectivity index (χ2n) is 15.5. The van der Waals surface area contributed by atoms with Crippen LogP contribution in [0.15, 0.2) is 72.8 Å². The van der Waals surface area contributed by atoms with Gasteiger partial charge < -0.3 is 18.7 Å². The van der Waals surface area contributed by atoms with Crippen molar-refractivity contribution >= 4 is 6.71 Å². The highest BCUT2D eigenvalue weighted by molar-refractivity contribution is 6.59. The van der Waals surface area contributed by atoms with Gasteiger partial charge >= 0.3 is 0 Å². The van der Waals surface area contributed by atoms with E-state index in [0.717, 1.165) is 29.9 Å². The summed E-state index contributed by atoms with van der Waals surface area (Å²) >= 11 is 0. The molecule has 0 radical (unpaired) electrons. The van der Waals surface area contributed by atoms with E-state index >= 15 is 0 Å². The zero-order valence-electron chi connectivity index (χ0n) is 35.6. The summed E-state index contributed by atoms with van der Waals surface area (Å²) in [7, 11) is 5.18. The van der Waals surface area contributed by atoms with Crippen LogP contribution >= 0.6 is 0 Å². The van der Waals surface area contributed by atoms with Gasteiger partial charge in [0.15, 0.2) is 6.71 Å². The number of unbranched alkanes of at least 4 members (excludes halogenated alkanes) is 9. The summed E-state index contributed by atoms with van der Waals surface area (Å²) in [6.45, 7) is 17.8. The predicted octanol–water partition coefficient (Wildman–Crippen LogP) is 13.1. The van der Waals surface area contributed by atoms with Gasteiger partial charge in [0.25, 0.3) is 0 Å². The van der Waals surface area contributed by atoms with E-state index in [9.17, 15) is 0 Å². The summed E-state index contributed by atoms with van der Waals surface area (Å²) in [4.78, 5) is 0. The molecule has 0 fully saturated rings. The van der Waals surface area contributed by atoms with E-state index in [1.165, 1.54) is 144 Å². The van der Waals surface area contributed by atoms with Crippen LogP contribution in [-0.4, -0.2) is 58.7 Å². The van der Waals surface area contributed by atoms with Crippen LogP contribution in [0, 0.1) is 0 Å². The molecule has 0 bridgehead atoms. The van der Waals surface area contributed by atoms with E-state index < -0.39 is 0 Å². The summed E-state index contributed by atoms with van der Waals surface area (Å²) in [6.07, 6.45) is 22.2. The second kappa shape index (κ2) is 28.5. The monoisotopic (exact) mass is 729 g/mol. The van der Waals surface area contributed by atoms with Gasteiger partial charge in [0.2, 0.25) is 0 Å². The highest BCUT2D eigenvalue weighted by Crippen LogP contribution is 2.31. The van der Waals surface area contributed by atoms with Crippen LogP contribution in [0.3, 0.4) is 0 Å². The van der Waals surface area contributed by atoms with Gasteiger partial charge in [-0.2, -0.15) is 0 Å². The van der Waals surface area contributed by atoms with Gasteiger partial charge in [-0.1, -0.05) is 158 Å². The lowest BCUT2D eigenvalue weighted by Gasteiger charge is -2.39. The fourth-order valence-corrected chi connectivity index (χ4v) is 7.80. The number of nitrogens with zero attached hydrogens (tertiary/aromatic N) is 1. The Kier molecular flexibility index (Phi) is 24.9. The number of ether oxygens (including phenoxy) is 3. The molecule has 3 rings (SSSR count). The molecule has 4 nitrogen and oxygen atoms in total. The molecular formula is C48H79BNO3+. The van der Waals surface area contributed by atoms with Crippen LogP contribution < -0.4 is 14.2 Å². The number of rotatable bonds is 28. The molecule has 0 aromatic heterocycles. The molecule has 296 valence electrons. The highest BCUT2D eigenvalue weighted by Gasteiger charge is 2.28. The Labute approximate surface area is 328 Å². The van der Waals surface area contributed by atoms with Crippen molar-refractivity contribution in [2.45, 2.75) is 149 Å². The van der Waals surface area contributed by atoms with Crippen LogP contribution in [0.4, 0.5) is 0 Å². The van der Waals surface area contributed by atoms with Crippen molar-refractivity contribution in [1.82, 2.24) is 0 Å². The first kappa shape index (κ1) is 46.2. The molecule has 0 amide bonds. The molecule has 0 saturated carbocycles. The molecule has 0 aliphatic rings. The first-order chi connectivity index (χ1) is 25.9. The maximum atomic E-state index is 5.46. The summed E-state index contributed by atoms with van der Waals surface area (Å²) in [6, 6.07) is 26.0. The Morgan fingerprint density at radius 1 is 0.434 bits per heavy atom. The maximum absolute atomic E-state index is 5.46. The van der Waals surface area contributed by atoms with Crippen molar-refractivity contribution in [3.8, 4) is 17.2 Å². The molecule has 1 atom stereocenters. The Hall–Kier alpha value is -2.92. The fraction of sp³-hybridized carbons (Fsp3) is 0.625. The summed E-state index contributed by atoms with van der Waals surface area (Å²) < 4.78 is 17.7. The first-order valence-electron chi connectivity index (χ1n) is 21.7. The average Bonchev–Trinajstić information content (AvgIpc) is 3.20. The molecule has 0 aliphatic carbocycles. The number of quaternary nitrogens is 1. The number of methoxy groups -OCH3 is 3. The van der Waals surface area contributed by atoms with Crippen LogP contribution in [-0.2, 0) is 12.6 Å². The second-order valence-corrected chi connectivity index (χ2v) is 15.5. The van der Waals surface area contributed by atoms with Crippen molar-refractivity contribution in [2.75, 3.05) is 47.5 Å².